The van der Waals surface area contributed by atoms with Gasteiger partial charge in [0.05, 0.1) is 12.7 Å². The molecule has 1 aromatic carbocycles. The van der Waals surface area contributed by atoms with Crippen molar-refractivity contribution >= 4 is 17.5 Å². The van der Waals surface area contributed by atoms with Crippen LogP contribution in [0, 0.1) is 5.82 Å². The Bertz CT molecular complexity index is 481. The van der Waals surface area contributed by atoms with Crippen molar-refractivity contribution in [2.75, 3.05) is 19.5 Å². The second-order valence-corrected chi connectivity index (χ2v) is 5.35. The van der Waals surface area contributed by atoms with Crippen molar-refractivity contribution < 1.29 is 13.9 Å². The van der Waals surface area contributed by atoms with Crippen molar-refractivity contribution in [1.82, 2.24) is 4.90 Å². The van der Waals surface area contributed by atoms with Crippen LogP contribution in [0.25, 0.3) is 0 Å². The van der Waals surface area contributed by atoms with E-state index >= 15 is 0 Å². The molecule has 1 atom stereocenters. The van der Waals surface area contributed by atoms with Gasteiger partial charge in [-0.1, -0.05) is 0 Å². The highest BCUT2D eigenvalue weighted by atomic mass is 35.5. The van der Waals surface area contributed by atoms with Gasteiger partial charge in [0, 0.05) is 24.5 Å². The fraction of sp³-hybridized carbons (Fsp3) is 0.533. The van der Waals surface area contributed by atoms with E-state index in [0.717, 1.165) is 25.7 Å². The van der Waals surface area contributed by atoms with Gasteiger partial charge in [-0.25, -0.2) is 4.39 Å². The van der Waals surface area contributed by atoms with Crippen molar-refractivity contribution in [3.05, 3.63) is 29.6 Å². The van der Waals surface area contributed by atoms with E-state index in [2.05, 4.69) is 0 Å². The van der Waals surface area contributed by atoms with Crippen molar-refractivity contribution in [1.29, 1.82) is 0 Å². The molecule has 1 aromatic rings. The Morgan fingerprint density at radius 1 is 1.55 bits per heavy atom. The monoisotopic (exact) mass is 299 g/mol. The van der Waals surface area contributed by atoms with Crippen molar-refractivity contribution in [2.45, 2.75) is 31.7 Å². The van der Waals surface area contributed by atoms with Gasteiger partial charge in [0.25, 0.3) is 5.91 Å². The van der Waals surface area contributed by atoms with Crippen molar-refractivity contribution in [2.24, 2.45) is 0 Å². The molecule has 1 saturated heterocycles. The van der Waals surface area contributed by atoms with E-state index in [1.54, 1.807) is 11.0 Å². The quantitative estimate of drug-likeness (QED) is 0.779. The number of methoxy groups -OCH3 is 1. The third-order valence-electron chi connectivity index (χ3n) is 3.72. The van der Waals surface area contributed by atoms with Gasteiger partial charge >= 0.3 is 0 Å². The van der Waals surface area contributed by atoms with E-state index in [1.165, 1.54) is 19.2 Å². The number of alkyl halides is 1. The summed E-state index contributed by atoms with van der Waals surface area (Å²) in [7, 11) is 1.47. The van der Waals surface area contributed by atoms with Crippen LogP contribution >= 0.6 is 11.6 Å². The molecule has 1 aliphatic rings. The fourth-order valence-electron chi connectivity index (χ4n) is 2.67. The topological polar surface area (TPSA) is 29.5 Å². The molecule has 1 fully saturated rings. The Balaban J connectivity index is 2.13. The predicted octanol–water partition coefficient (Wildman–Crippen LogP) is 3.46. The van der Waals surface area contributed by atoms with Crippen LogP contribution in [0.1, 0.15) is 36.0 Å². The van der Waals surface area contributed by atoms with E-state index in [4.69, 9.17) is 16.3 Å². The van der Waals surface area contributed by atoms with Gasteiger partial charge in [-0.2, -0.15) is 0 Å². The highest BCUT2D eigenvalue weighted by Gasteiger charge is 2.30. The van der Waals surface area contributed by atoms with Crippen LogP contribution in [0.2, 0.25) is 0 Å². The van der Waals surface area contributed by atoms with Crippen LogP contribution in [0.5, 0.6) is 5.75 Å². The number of nitrogens with zero attached hydrogens (tertiary/aromatic N) is 1. The molecule has 3 nitrogen and oxygen atoms in total. The molecular formula is C15H19ClFNO2. The predicted molar refractivity (Wildman–Crippen MR) is 77.0 cm³/mol. The van der Waals surface area contributed by atoms with Gasteiger partial charge in [-0.3, -0.25) is 4.79 Å². The molecule has 1 unspecified atom stereocenters. The van der Waals surface area contributed by atoms with Crippen LogP contribution in [-0.2, 0) is 0 Å². The Morgan fingerprint density at radius 2 is 2.35 bits per heavy atom. The fourth-order valence-corrected chi connectivity index (χ4v) is 2.82. The van der Waals surface area contributed by atoms with Gasteiger partial charge in [-0.15, -0.1) is 11.6 Å². The molecule has 0 saturated carbocycles. The Morgan fingerprint density at radius 3 is 3.00 bits per heavy atom. The Labute approximate surface area is 123 Å². The lowest BCUT2D eigenvalue weighted by Gasteiger charge is -2.25. The number of hydrogen-bond donors (Lipinski definition) is 0. The lowest BCUT2D eigenvalue weighted by atomic mass is 10.1. The molecule has 1 heterocycles. The summed E-state index contributed by atoms with van der Waals surface area (Å²) in [5.41, 5.74) is 0.114. The van der Waals surface area contributed by atoms with Gasteiger partial charge in [0.1, 0.15) is 11.6 Å². The first-order chi connectivity index (χ1) is 9.67. The first kappa shape index (κ1) is 15.1. The van der Waals surface area contributed by atoms with Crippen LogP contribution in [0.15, 0.2) is 18.2 Å². The first-order valence-electron chi connectivity index (χ1n) is 6.88. The maximum absolute atomic E-state index is 14.0. The maximum atomic E-state index is 14.0. The zero-order chi connectivity index (χ0) is 14.5. The molecule has 1 aliphatic heterocycles. The van der Waals surface area contributed by atoms with Gasteiger partial charge in [0.2, 0.25) is 0 Å². The molecule has 5 heteroatoms. The number of ether oxygens (including phenoxy) is 1. The Kier molecular flexibility index (Phi) is 5.24. The molecular weight excluding hydrogens is 281 g/mol. The molecule has 0 aromatic heterocycles. The average Bonchev–Trinajstić information content (AvgIpc) is 2.92. The number of halogens is 2. The van der Waals surface area contributed by atoms with Crippen LogP contribution in [0.3, 0.4) is 0 Å². The molecule has 20 heavy (non-hydrogen) atoms. The number of carbonyl (C=O) groups excluding carboxylic acids is 1. The van der Waals surface area contributed by atoms with Gasteiger partial charge in [0.15, 0.2) is 0 Å². The number of rotatable bonds is 5. The largest absolute Gasteiger partial charge is 0.497 e. The summed E-state index contributed by atoms with van der Waals surface area (Å²) < 4.78 is 18.9. The average molecular weight is 300 g/mol. The molecule has 1 amide bonds. The third-order valence-corrected chi connectivity index (χ3v) is 3.98. The molecule has 110 valence electrons. The number of hydrogen-bond acceptors (Lipinski definition) is 2. The maximum Gasteiger partial charge on any atom is 0.257 e. The highest BCUT2D eigenvalue weighted by Crippen LogP contribution is 2.25. The summed E-state index contributed by atoms with van der Waals surface area (Å²) in [4.78, 5) is 14.2. The van der Waals surface area contributed by atoms with Crippen molar-refractivity contribution in [3.8, 4) is 5.75 Å². The molecule has 2 rings (SSSR count). The van der Waals surface area contributed by atoms with E-state index in [-0.39, 0.29) is 17.5 Å². The molecule has 0 aliphatic carbocycles. The second-order valence-electron chi connectivity index (χ2n) is 4.97. The standard InChI is InChI=1S/C15H19ClFNO2/c1-20-12-6-7-13(14(17)10-12)15(19)18-9-3-5-11(18)4-2-8-16/h6-7,10-11H,2-5,8-9H2,1H3. The molecule has 0 N–H and O–H groups in total. The van der Waals surface area contributed by atoms with E-state index in [1.807, 2.05) is 0 Å². The number of benzene rings is 1. The number of amides is 1. The van der Waals surface area contributed by atoms with Crippen molar-refractivity contribution in [3.63, 3.8) is 0 Å². The minimum Gasteiger partial charge on any atom is -0.497 e. The summed E-state index contributed by atoms with van der Waals surface area (Å²) in [5, 5.41) is 0. The van der Waals surface area contributed by atoms with E-state index < -0.39 is 5.82 Å². The SMILES string of the molecule is COc1ccc(C(=O)N2CCCC2CCCCl)c(F)c1. The lowest BCUT2D eigenvalue weighted by molar-refractivity contribution is 0.0725. The van der Waals surface area contributed by atoms with Gasteiger partial charge in [-0.05, 0) is 37.8 Å². The Hall–Kier alpha value is -1.29. The zero-order valence-electron chi connectivity index (χ0n) is 11.6. The normalized spacial score (nSPS) is 18.4. The molecule has 0 spiro atoms. The second kappa shape index (κ2) is 6.93. The summed E-state index contributed by atoms with van der Waals surface area (Å²) in [6.45, 7) is 0.692. The van der Waals surface area contributed by atoms with E-state index in [9.17, 15) is 9.18 Å². The zero-order valence-corrected chi connectivity index (χ0v) is 12.3. The summed E-state index contributed by atoms with van der Waals surface area (Å²) in [6.07, 6.45) is 3.70. The van der Waals surface area contributed by atoms with E-state index in [0.29, 0.717) is 18.2 Å². The highest BCUT2D eigenvalue weighted by molar-refractivity contribution is 6.17. The van der Waals surface area contributed by atoms with Crippen LogP contribution < -0.4 is 4.74 Å². The summed E-state index contributed by atoms with van der Waals surface area (Å²) in [6, 6.07) is 4.53. The minimum absolute atomic E-state index is 0.114. The van der Waals surface area contributed by atoms with Gasteiger partial charge < -0.3 is 9.64 Å². The third kappa shape index (κ3) is 3.23. The number of carbonyl (C=O) groups is 1. The minimum atomic E-state index is -0.530. The van der Waals surface area contributed by atoms with Crippen LogP contribution in [0.4, 0.5) is 4.39 Å². The van der Waals surface area contributed by atoms with Crippen LogP contribution in [-0.4, -0.2) is 36.4 Å². The summed E-state index contributed by atoms with van der Waals surface area (Å²) >= 11 is 5.71. The summed E-state index contributed by atoms with van der Waals surface area (Å²) in [5.74, 6) is 0.244. The molecule has 0 bridgehead atoms. The molecule has 0 radical (unpaired) electrons. The number of likely N-dealkylation sites (tertiary alicyclic amines) is 1. The first-order valence-corrected chi connectivity index (χ1v) is 7.41. The smallest absolute Gasteiger partial charge is 0.257 e. The lowest BCUT2D eigenvalue weighted by Crippen LogP contribution is -2.36.